The van der Waals surface area contributed by atoms with E-state index in [0.29, 0.717) is 9.80 Å². The molecule has 1 aromatic rings. The van der Waals surface area contributed by atoms with E-state index in [1.54, 1.807) is 0 Å². The number of carbonyl (C=O) groups excluding carboxylic acids is 3. The predicted octanol–water partition coefficient (Wildman–Crippen LogP) is 0.0976. The monoisotopic (exact) mass is 278 g/mol. The van der Waals surface area contributed by atoms with E-state index in [-0.39, 0.29) is 23.5 Å². The second kappa shape index (κ2) is 4.61. The van der Waals surface area contributed by atoms with Crippen LogP contribution < -0.4 is 5.73 Å². The summed E-state index contributed by atoms with van der Waals surface area (Å²) in [7, 11) is 1.18. The number of nitrogens with two attached hydrogens (primary N) is 1. The molecule has 0 radical (unpaired) electrons. The highest BCUT2D eigenvalue weighted by molar-refractivity contribution is 6.44. The first-order chi connectivity index (χ1) is 9.34. The van der Waals surface area contributed by atoms with Gasteiger partial charge in [-0.25, -0.2) is 4.79 Å². The van der Waals surface area contributed by atoms with Crippen LogP contribution in [0.1, 0.15) is 5.56 Å². The maximum atomic E-state index is 11.7. The maximum absolute atomic E-state index is 11.7. The Bertz CT molecular complexity index is 642. The summed E-state index contributed by atoms with van der Waals surface area (Å²) >= 11 is 0. The molecular formula is C11H10N4O5. The van der Waals surface area contributed by atoms with Crippen LogP contribution in [0.4, 0.5) is 16.2 Å². The Balaban J connectivity index is 2.34. The highest BCUT2D eigenvalue weighted by Crippen LogP contribution is 2.27. The van der Waals surface area contributed by atoms with Gasteiger partial charge in [0.2, 0.25) is 0 Å². The Hall–Kier alpha value is -2.97. The third-order valence-electron chi connectivity index (χ3n) is 2.95. The molecule has 4 amide bonds. The van der Waals surface area contributed by atoms with Crippen LogP contribution >= 0.6 is 0 Å². The largest absolute Gasteiger partial charge is 0.393 e. The standard InChI is InChI=1S/C11H10N4O5/c1-13-9(16)10(17)14(11(13)18)5-6-3-2-4-7(8(6)12)15(19)20/h2-4H,5,12H2,1H3. The van der Waals surface area contributed by atoms with Gasteiger partial charge < -0.3 is 5.73 Å². The number of imide groups is 2. The zero-order valence-corrected chi connectivity index (χ0v) is 10.4. The van der Waals surface area contributed by atoms with Gasteiger partial charge in [0.15, 0.2) is 0 Å². The lowest BCUT2D eigenvalue weighted by Gasteiger charge is -2.14. The lowest BCUT2D eigenvalue weighted by Crippen LogP contribution is -2.31. The molecule has 9 nitrogen and oxygen atoms in total. The predicted molar refractivity (Wildman–Crippen MR) is 66.2 cm³/mol. The number of anilines is 1. The van der Waals surface area contributed by atoms with Gasteiger partial charge in [-0.2, -0.15) is 0 Å². The first-order valence-corrected chi connectivity index (χ1v) is 5.50. The minimum atomic E-state index is -0.983. The van der Waals surface area contributed by atoms with Crippen LogP contribution in [0, 0.1) is 10.1 Å². The number of nitro groups is 1. The van der Waals surface area contributed by atoms with Crippen LogP contribution in [0.2, 0.25) is 0 Å². The second-order valence-electron chi connectivity index (χ2n) is 4.15. The fourth-order valence-corrected chi connectivity index (χ4v) is 1.82. The van der Waals surface area contributed by atoms with Gasteiger partial charge in [-0.1, -0.05) is 12.1 Å². The smallest absolute Gasteiger partial charge is 0.334 e. The lowest BCUT2D eigenvalue weighted by atomic mass is 10.1. The number of para-hydroxylation sites is 1. The van der Waals surface area contributed by atoms with Gasteiger partial charge in [-0.05, 0) is 0 Å². The van der Waals surface area contributed by atoms with E-state index in [2.05, 4.69) is 0 Å². The molecule has 0 bridgehead atoms. The van der Waals surface area contributed by atoms with Crippen LogP contribution in [-0.4, -0.2) is 39.6 Å². The van der Waals surface area contributed by atoms with Gasteiger partial charge in [0.05, 0.1) is 11.5 Å². The number of nitro benzene ring substituents is 1. The summed E-state index contributed by atoms with van der Waals surface area (Å²) in [4.78, 5) is 46.1. The fraction of sp³-hybridized carbons (Fsp3) is 0.182. The van der Waals surface area contributed by atoms with Crippen molar-refractivity contribution >= 4 is 29.2 Å². The number of benzene rings is 1. The van der Waals surface area contributed by atoms with Crippen molar-refractivity contribution in [3.8, 4) is 0 Å². The number of nitrogen functional groups attached to an aromatic ring is 1. The topological polar surface area (TPSA) is 127 Å². The van der Waals surface area contributed by atoms with E-state index >= 15 is 0 Å². The molecule has 0 aromatic heterocycles. The molecule has 9 heteroatoms. The van der Waals surface area contributed by atoms with E-state index in [4.69, 9.17) is 5.73 Å². The summed E-state index contributed by atoms with van der Waals surface area (Å²) < 4.78 is 0. The average molecular weight is 278 g/mol. The molecule has 1 fully saturated rings. The van der Waals surface area contributed by atoms with Crippen molar-refractivity contribution in [3.05, 3.63) is 33.9 Å². The molecule has 0 unspecified atom stereocenters. The summed E-state index contributed by atoms with van der Waals surface area (Å²) in [6, 6.07) is 3.27. The minimum absolute atomic E-state index is 0.139. The number of rotatable bonds is 3. The number of urea groups is 1. The normalized spacial score (nSPS) is 15.2. The summed E-state index contributed by atoms with van der Waals surface area (Å²) in [6.07, 6.45) is 0. The van der Waals surface area contributed by atoms with E-state index in [1.165, 1.54) is 25.2 Å². The second-order valence-corrected chi connectivity index (χ2v) is 4.15. The summed E-state index contributed by atoms with van der Waals surface area (Å²) in [5, 5.41) is 10.8. The molecule has 0 saturated carbocycles. The number of amides is 4. The Morgan fingerprint density at radius 3 is 2.40 bits per heavy atom. The van der Waals surface area contributed by atoms with Crippen LogP contribution in [0.5, 0.6) is 0 Å². The van der Waals surface area contributed by atoms with Crippen molar-refractivity contribution < 1.29 is 19.3 Å². The van der Waals surface area contributed by atoms with Crippen molar-refractivity contribution in [1.29, 1.82) is 0 Å². The molecule has 1 saturated heterocycles. The molecule has 1 aliphatic heterocycles. The van der Waals surface area contributed by atoms with Gasteiger partial charge >= 0.3 is 17.8 Å². The summed E-state index contributed by atoms with van der Waals surface area (Å²) in [5.74, 6) is -1.93. The van der Waals surface area contributed by atoms with E-state index < -0.39 is 22.8 Å². The third kappa shape index (κ3) is 1.94. The molecule has 2 rings (SSSR count). The van der Waals surface area contributed by atoms with Crippen LogP contribution in [0.3, 0.4) is 0 Å². The number of likely N-dealkylation sites (N-methyl/N-ethyl adjacent to an activating group) is 1. The molecule has 0 aliphatic carbocycles. The molecule has 1 aromatic carbocycles. The van der Waals surface area contributed by atoms with Gasteiger partial charge in [-0.15, -0.1) is 0 Å². The van der Waals surface area contributed by atoms with Crippen molar-refractivity contribution in [2.24, 2.45) is 0 Å². The third-order valence-corrected chi connectivity index (χ3v) is 2.95. The van der Waals surface area contributed by atoms with Gasteiger partial charge in [0.25, 0.3) is 5.69 Å². The molecule has 1 aliphatic rings. The Kier molecular flexibility index (Phi) is 3.10. The Morgan fingerprint density at radius 2 is 1.90 bits per heavy atom. The first kappa shape index (κ1) is 13.5. The van der Waals surface area contributed by atoms with E-state index in [9.17, 15) is 24.5 Å². The highest BCUT2D eigenvalue weighted by atomic mass is 16.6. The SMILES string of the molecule is CN1C(=O)C(=O)N(Cc2cccc([N+](=O)[O-])c2N)C1=O. The molecule has 20 heavy (non-hydrogen) atoms. The van der Waals surface area contributed by atoms with Crippen LogP contribution in [-0.2, 0) is 16.1 Å². The van der Waals surface area contributed by atoms with E-state index in [1.807, 2.05) is 0 Å². The van der Waals surface area contributed by atoms with Crippen LogP contribution in [0.25, 0.3) is 0 Å². The van der Waals surface area contributed by atoms with Gasteiger partial charge in [0.1, 0.15) is 5.69 Å². The average Bonchev–Trinajstić information content (AvgIpc) is 2.58. The van der Waals surface area contributed by atoms with Crippen molar-refractivity contribution in [2.45, 2.75) is 6.54 Å². The number of carbonyl (C=O) groups is 3. The van der Waals surface area contributed by atoms with Gasteiger partial charge in [-0.3, -0.25) is 29.5 Å². The van der Waals surface area contributed by atoms with Crippen molar-refractivity contribution in [3.63, 3.8) is 0 Å². The molecule has 2 N–H and O–H groups in total. The van der Waals surface area contributed by atoms with Crippen LogP contribution in [0.15, 0.2) is 18.2 Å². The highest BCUT2D eigenvalue weighted by Gasteiger charge is 2.42. The molecule has 104 valence electrons. The maximum Gasteiger partial charge on any atom is 0.334 e. The van der Waals surface area contributed by atoms with Crippen molar-refractivity contribution in [2.75, 3.05) is 12.8 Å². The quantitative estimate of drug-likeness (QED) is 0.274. The number of hydrogen-bond acceptors (Lipinski definition) is 6. The Labute approximate surface area is 112 Å². The zero-order valence-electron chi connectivity index (χ0n) is 10.4. The molecule has 0 atom stereocenters. The Morgan fingerprint density at radius 1 is 1.25 bits per heavy atom. The number of hydrogen-bond donors (Lipinski definition) is 1. The van der Waals surface area contributed by atoms with Crippen molar-refractivity contribution in [1.82, 2.24) is 9.80 Å². The van der Waals surface area contributed by atoms with E-state index in [0.717, 1.165) is 0 Å². The zero-order chi connectivity index (χ0) is 15.0. The summed E-state index contributed by atoms with van der Waals surface area (Å²) in [5.41, 5.74) is 5.40. The summed E-state index contributed by atoms with van der Waals surface area (Å²) in [6.45, 7) is -0.290. The minimum Gasteiger partial charge on any atom is -0.393 e. The fourth-order valence-electron chi connectivity index (χ4n) is 1.82. The lowest BCUT2D eigenvalue weighted by molar-refractivity contribution is -0.384. The van der Waals surface area contributed by atoms with Gasteiger partial charge in [0, 0.05) is 18.7 Å². The number of nitrogens with zero attached hydrogens (tertiary/aromatic N) is 3. The molecular weight excluding hydrogens is 268 g/mol. The molecule has 1 heterocycles. The molecule has 0 spiro atoms. The first-order valence-electron chi connectivity index (χ1n) is 5.50.